The maximum atomic E-state index is 5.30. The summed E-state index contributed by atoms with van der Waals surface area (Å²) >= 11 is 1.95. The maximum Gasteiger partial charge on any atom is 0.228 e. The van der Waals surface area contributed by atoms with E-state index in [2.05, 4.69) is 34.3 Å². The molecule has 2 rings (SSSR count). The van der Waals surface area contributed by atoms with Crippen LogP contribution in [0, 0.1) is 0 Å². The first kappa shape index (κ1) is 12.9. The van der Waals surface area contributed by atoms with Gasteiger partial charge < -0.3 is 9.84 Å². The lowest BCUT2D eigenvalue weighted by molar-refractivity contribution is 0.256. The van der Waals surface area contributed by atoms with E-state index >= 15 is 0 Å². The molecule has 0 aliphatic carbocycles. The van der Waals surface area contributed by atoms with Crippen molar-refractivity contribution in [1.82, 2.24) is 20.4 Å². The van der Waals surface area contributed by atoms with Gasteiger partial charge in [-0.3, -0.25) is 4.90 Å². The van der Waals surface area contributed by atoms with Gasteiger partial charge in [-0.1, -0.05) is 5.16 Å². The van der Waals surface area contributed by atoms with Crippen LogP contribution in [0.25, 0.3) is 0 Å². The quantitative estimate of drug-likeness (QED) is 0.865. The minimum absolute atomic E-state index is 0.302. The summed E-state index contributed by atoms with van der Waals surface area (Å²) in [4.78, 5) is 6.80. The molecule has 0 bridgehead atoms. The first-order chi connectivity index (χ1) is 8.20. The highest BCUT2D eigenvalue weighted by Gasteiger charge is 2.25. The molecule has 1 aliphatic heterocycles. The van der Waals surface area contributed by atoms with Crippen LogP contribution in [0.1, 0.15) is 24.7 Å². The lowest BCUT2D eigenvalue weighted by atomic mass is 10.2. The molecule has 1 aromatic heterocycles. The summed E-state index contributed by atoms with van der Waals surface area (Å²) in [7, 11) is 4.06. The van der Waals surface area contributed by atoms with Crippen LogP contribution in [0.3, 0.4) is 0 Å². The van der Waals surface area contributed by atoms with Crippen molar-refractivity contribution in [3.8, 4) is 0 Å². The third-order valence-corrected chi connectivity index (χ3v) is 4.17. The summed E-state index contributed by atoms with van der Waals surface area (Å²) in [6, 6.07) is 0.665. The molecule has 1 saturated heterocycles. The zero-order valence-corrected chi connectivity index (χ0v) is 11.5. The predicted molar refractivity (Wildman–Crippen MR) is 69.2 cm³/mol. The summed E-state index contributed by atoms with van der Waals surface area (Å²) in [5.74, 6) is 3.80. The Morgan fingerprint density at radius 1 is 1.65 bits per heavy atom. The molecule has 96 valence electrons. The third kappa shape index (κ3) is 3.20. The fourth-order valence-corrected chi connectivity index (χ4v) is 3.02. The van der Waals surface area contributed by atoms with Crippen molar-refractivity contribution in [2.75, 3.05) is 32.1 Å². The van der Waals surface area contributed by atoms with Gasteiger partial charge in [-0.15, -0.1) is 0 Å². The van der Waals surface area contributed by atoms with E-state index in [1.807, 2.05) is 18.8 Å². The van der Waals surface area contributed by atoms with E-state index in [9.17, 15) is 0 Å². The third-order valence-electron chi connectivity index (χ3n) is 3.15. The van der Waals surface area contributed by atoms with Gasteiger partial charge in [-0.05, 0) is 21.0 Å². The Bertz CT molecular complexity index is 357. The zero-order valence-electron chi connectivity index (χ0n) is 10.6. The minimum atomic E-state index is 0.302. The molecular formula is C11H20N4OS. The fraction of sp³-hybridized carbons (Fsp3) is 0.818. The van der Waals surface area contributed by atoms with Crippen LogP contribution in [0.2, 0.25) is 0 Å². The van der Waals surface area contributed by atoms with Crippen LogP contribution < -0.4 is 5.32 Å². The Balaban J connectivity index is 2.01. The summed E-state index contributed by atoms with van der Waals surface area (Å²) < 4.78 is 5.30. The number of hydrogen-bond donors (Lipinski definition) is 1. The number of hydrogen-bond acceptors (Lipinski definition) is 6. The summed E-state index contributed by atoms with van der Waals surface area (Å²) in [5.41, 5.74) is 0. The molecule has 2 atom stereocenters. The van der Waals surface area contributed by atoms with Gasteiger partial charge in [-0.25, -0.2) is 0 Å². The van der Waals surface area contributed by atoms with Crippen molar-refractivity contribution in [3.05, 3.63) is 11.7 Å². The van der Waals surface area contributed by atoms with E-state index in [-0.39, 0.29) is 0 Å². The summed E-state index contributed by atoms with van der Waals surface area (Å²) in [6.45, 7) is 3.19. The minimum Gasteiger partial charge on any atom is -0.339 e. The van der Waals surface area contributed by atoms with Crippen LogP contribution in [-0.4, -0.2) is 53.2 Å². The van der Waals surface area contributed by atoms with Crippen molar-refractivity contribution < 1.29 is 4.52 Å². The number of rotatable bonds is 4. The van der Waals surface area contributed by atoms with Crippen LogP contribution in [0.5, 0.6) is 0 Å². The Kier molecular flexibility index (Phi) is 4.42. The second kappa shape index (κ2) is 5.84. The topological polar surface area (TPSA) is 54.2 Å². The molecule has 0 amide bonds. The van der Waals surface area contributed by atoms with E-state index in [1.54, 1.807) is 0 Å². The Morgan fingerprint density at radius 2 is 2.47 bits per heavy atom. The van der Waals surface area contributed by atoms with Crippen molar-refractivity contribution >= 4 is 11.8 Å². The molecule has 5 nitrogen and oxygen atoms in total. The van der Waals surface area contributed by atoms with Crippen LogP contribution in [-0.2, 0) is 6.42 Å². The van der Waals surface area contributed by atoms with Crippen molar-refractivity contribution in [1.29, 1.82) is 0 Å². The van der Waals surface area contributed by atoms with Gasteiger partial charge in [0, 0.05) is 30.5 Å². The second-order valence-electron chi connectivity index (χ2n) is 4.51. The van der Waals surface area contributed by atoms with Crippen molar-refractivity contribution in [2.24, 2.45) is 0 Å². The smallest absolute Gasteiger partial charge is 0.228 e. The highest BCUT2D eigenvalue weighted by Crippen LogP contribution is 2.26. The van der Waals surface area contributed by atoms with Gasteiger partial charge in [0.2, 0.25) is 5.89 Å². The molecule has 1 N–H and O–H groups in total. The van der Waals surface area contributed by atoms with Gasteiger partial charge in [-0.2, -0.15) is 16.7 Å². The Labute approximate surface area is 106 Å². The van der Waals surface area contributed by atoms with Gasteiger partial charge in [0.15, 0.2) is 5.82 Å². The normalized spacial score (nSPS) is 23.8. The van der Waals surface area contributed by atoms with E-state index in [4.69, 9.17) is 4.52 Å². The van der Waals surface area contributed by atoms with E-state index in [0.717, 1.165) is 30.4 Å². The molecule has 1 aliphatic rings. The first-order valence-corrected chi connectivity index (χ1v) is 7.14. The van der Waals surface area contributed by atoms with Crippen molar-refractivity contribution in [2.45, 2.75) is 25.4 Å². The largest absolute Gasteiger partial charge is 0.339 e. The highest BCUT2D eigenvalue weighted by molar-refractivity contribution is 7.99. The number of likely N-dealkylation sites (N-methyl/N-ethyl adjacent to an activating group) is 1. The summed E-state index contributed by atoms with van der Waals surface area (Å²) in [5, 5.41) is 7.28. The Morgan fingerprint density at radius 3 is 3.18 bits per heavy atom. The zero-order chi connectivity index (χ0) is 12.3. The average molecular weight is 256 g/mol. The molecule has 0 aromatic carbocycles. The monoisotopic (exact) mass is 256 g/mol. The standard InChI is InChI=1S/C11H20N4OS/c1-8(12-2)6-10-13-11(14-16-10)9-7-17-5-4-15(9)3/h8-9,12H,4-7H2,1-3H3. The SMILES string of the molecule is CNC(C)Cc1nc(C2CSCCN2C)no1. The van der Waals surface area contributed by atoms with Crippen LogP contribution >= 0.6 is 11.8 Å². The molecule has 0 saturated carbocycles. The first-order valence-electron chi connectivity index (χ1n) is 5.98. The van der Waals surface area contributed by atoms with Crippen LogP contribution in [0.4, 0.5) is 0 Å². The number of nitrogens with zero attached hydrogens (tertiary/aromatic N) is 3. The summed E-state index contributed by atoms with van der Waals surface area (Å²) in [6.07, 6.45) is 0.785. The van der Waals surface area contributed by atoms with Crippen molar-refractivity contribution in [3.63, 3.8) is 0 Å². The van der Waals surface area contributed by atoms with E-state index < -0.39 is 0 Å². The van der Waals surface area contributed by atoms with Gasteiger partial charge in [0.1, 0.15) is 0 Å². The number of aromatic nitrogens is 2. The molecule has 0 radical (unpaired) electrons. The number of thioether (sulfide) groups is 1. The molecular weight excluding hydrogens is 236 g/mol. The van der Waals surface area contributed by atoms with E-state index in [0.29, 0.717) is 12.1 Å². The van der Waals surface area contributed by atoms with Gasteiger partial charge in [0.25, 0.3) is 0 Å². The molecule has 6 heteroatoms. The highest BCUT2D eigenvalue weighted by atomic mass is 32.2. The lowest BCUT2D eigenvalue weighted by Crippen LogP contribution is -2.33. The Hall–Kier alpha value is -0.590. The number of nitrogens with one attached hydrogen (secondary N) is 1. The predicted octanol–water partition coefficient (Wildman–Crippen LogP) is 0.940. The maximum absolute atomic E-state index is 5.30. The lowest BCUT2D eigenvalue weighted by Gasteiger charge is -2.29. The molecule has 1 fully saturated rings. The van der Waals surface area contributed by atoms with Gasteiger partial charge >= 0.3 is 0 Å². The van der Waals surface area contributed by atoms with Crippen LogP contribution in [0.15, 0.2) is 4.52 Å². The second-order valence-corrected chi connectivity index (χ2v) is 5.66. The molecule has 17 heavy (non-hydrogen) atoms. The fourth-order valence-electron chi connectivity index (χ4n) is 1.81. The van der Waals surface area contributed by atoms with E-state index in [1.165, 1.54) is 5.75 Å². The van der Waals surface area contributed by atoms with Gasteiger partial charge in [0.05, 0.1) is 6.04 Å². The molecule has 1 aromatic rings. The molecule has 2 heterocycles. The average Bonchev–Trinajstić information content (AvgIpc) is 2.78. The molecule has 2 unspecified atom stereocenters. The molecule has 0 spiro atoms.